The summed E-state index contributed by atoms with van der Waals surface area (Å²) in [5.74, 6) is 0. The van der Waals surface area contributed by atoms with Crippen LogP contribution in [0.3, 0.4) is 0 Å². The number of hydrogen-bond donors (Lipinski definition) is 1. The molecule has 0 bridgehead atoms. The standard InChI is InChI=1S/C14H19NO/c1-14(2,3)12-9-16-13-5-4-10(6-7-15)8-11(12)13/h4-5,8-9H,6-7,15H2,1-3H3. The van der Waals surface area contributed by atoms with E-state index in [1.807, 2.05) is 12.3 Å². The molecule has 0 fully saturated rings. The summed E-state index contributed by atoms with van der Waals surface area (Å²) in [6, 6.07) is 6.33. The van der Waals surface area contributed by atoms with E-state index in [-0.39, 0.29) is 5.41 Å². The van der Waals surface area contributed by atoms with Crippen LogP contribution in [0.2, 0.25) is 0 Å². The highest BCUT2D eigenvalue weighted by molar-refractivity contribution is 5.82. The monoisotopic (exact) mass is 217 g/mol. The van der Waals surface area contributed by atoms with Crippen LogP contribution in [0, 0.1) is 0 Å². The summed E-state index contributed by atoms with van der Waals surface area (Å²) in [4.78, 5) is 0. The van der Waals surface area contributed by atoms with Crippen molar-refractivity contribution in [2.45, 2.75) is 32.6 Å². The molecule has 1 aromatic heterocycles. The van der Waals surface area contributed by atoms with Gasteiger partial charge in [0.25, 0.3) is 0 Å². The number of nitrogens with two attached hydrogens (primary N) is 1. The minimum Gasteiger partial charge on any atom is -0.464 e. The van der Waals surface area contributed by atoms with E-state index < -0.39 is 0 Å². The minimum absolute atomic E-state index is 0.118. The second-order valence-electron chi connectivity index (χ2n) is 5.27. The molecule has 2 heteroatoms. The molecular formula is C14H19NO. The van der Waals surface area contributed by atoms with Gasteiger partial charge in [-0.15, -0.1) is 0 Å². The summed E-state index contributed by atoms with van der Waals surface area (Å²) in [7, 11) is 0. The van der Waals surface area contributed by atoms with Gasteiger partial charge in [0.1, 0.15) is 5.58 Å². The molecule has 0 saturated heterocycles. The molecule has 0 radical (unpaired) electrons. The van der Waals surface area contributed by atoms with Crippen LogP contribution in [-0.2, 0) is 11.8 Å². The molecule has 2 aromatic rings. The van der Waals surface area contributed by atoms with Crippen LogP contribution in [-0.4, -0.2) is 6.54 Å². The molecule has 0 spiro atoms. The summed E-state index contributed by atoms with van der Waals surface area (Å²) in [5, 5.41) is 1.22. The van der Waals surface area contributed by atoms with Gasteiger partial charge < -0.3 is 10.2 Å². The molecule has 86 valence electrons. The Morgan fingerprint density at radius 3 is 2.62 bits per heavy atom. The van der Waals surface area contributed by atoms with Crippen molar-refractivity contribution in [3.63, 3.8) is 0 Å². The van der Waals surface area contributed by atoms with E-state index in [0.717, 1.165) is 12.0 Å². The lowest BCUT2D eigenvalue weighted by atomic mass is 9.86. The molecule has 1 aromatic carbocycles. The van der Waals surface area contributed by atoms with Crippen molar-refractivity contribution in [3.8, 4) is 0 Å². The Kier molecular flexibility index (Phi) is 2.76. The SMILES string of the molecule is CC(C)(C)c1coc2ccc(CCN)cc12. The number of benzene rings is 1. The Morgan fingerprint density at radius 2 is 2.00 bits per heavy atom. The molecule has 2 N–H and O–H groups in total. The molecule has 0 aliphatic carbocycles. The van der Waals surface area contributed by atoms with Gasteiger partial charge in [-0.2, -0.15) is 0 Å². The van der Waals surface area contributed by atoms with E-state index in [0.29, 0.717) is 6.54 Å². The molecule has 0 aliphatic rings. The van der Waals surface area contributed by atoms with Crippen molar-refractivity contribution in [2.75, 3.05) is 6.54 Å². The summed E-state index contributed by atoms with van der Waals surface area (Å²) < 4.78 is 5.58. The molecule has 0 saturated carbocycles. The predicted octanol–water partition coefficient (Wildman–Crippen LogP) is 3.23. The maximum absolute atomic E-state index is 5.58. The topological polar surface area (TPSA) is 39.2 Å². The first-order valence-corrected chi connectivity index (χ1v) is 5.73. The van der Waals surface area contributed by atoms with Crippen LogP contribution in [0.15, 0.2) is 28.9 Å². The third kappa shape index (κ3) is 1.98. The fourth-order valence-corrected chi connectivity index (χ4v) is 1.98. The molecule has 0 unspecified atom stereocenters. The Hall–Kier alpha value is -1.28. The van der Waals surface area contributed by atoms with Crippen molar-refractivity contribution in [3.05, 3.63) is 35.6 Å². The van der Waals surface area contributed by atoms with Crippen LogP contribution in [0.1, 0.15) is 31.9 Å². The van der Waals surface area contributed by atoms with Crippen molar-refractivity contribution >= 4 is 11.0 Å². The van der Waals surface area contributed by atoms with Gasteiger partial charge in [0.05, 0.1) is 6.26 Å². The lowest BCUT2D eigenvalue weighted by Crippen LogP contribution is -2.10. The second kappa shape index (κ2) is 3.95. The zero-order valence-corrected chi connectivity index (χ0v) is 10.2. The highest BCUT2D eigenvalue weighted by Crippen LogP contribution is 2.32. The van der Waals surface area contributed by atoms with Crippen molar-refractivity contribution in [2.24, 2.45) is 5.73 Å². The highest BCUT2D eigenvalue weighted by Gasteiger charge is 2.19. The van der Waals surface area contributed by atoms with Gasteiger partial charge >= 0.3 is 0 Å². The van der Waals surface area contributed by atoms with Crippen LogP contribution in [0.4, 0.5) is 0 Å². The zero-order chi connectivity index (χ0) is 11.8. The van der Waals surface area contributed by atoms with E-state index >= 15 is 0 Å². The molecule has 2 rings (SSSR count). The van der Waals surface area contributed by atoms with Crippen molar-refractivity contribution < 1.29 is 4.42 Å². The zero-order valence-electron chi connectivity index (χ0n) is 10.2. The van der Waals surface area contributed by atoms with Gasteiger partial charge in [0, 0.05) is 10.9 Å². The first-order valence-electron chi connectivity index (χ1n) is 5.73. The quantitative estimate of drug-likeness (QED) is 0.838. The molecular weight excluding hydrogens is 198 g/mol. The van der Waals surface area contributed by atoms with E-state index in [1.165, 1.54) is 16.5 Å². The van der Waals surface area contributed by atoms with Crippen molar-refractivity contribution in [1.29, 1.82) is 0 Å². The van der Waals surface area contributed by atoms with Gasteiger partial charge in [-0.25, -0.2) is 0 Å². The number of rotatable bonds is 2. The third-order valence-corrected chi connectivity index (χ3v) is 2.88. The fourth-order valence-electron chi connectivity index (χ4n) is 1.98. The van der Waals surface area contributed by atoms with Crippen LogP contribution >= 0.6 is 0 Å². The van der Waals surface area contributed by atoms with Crippen LogP contribution < -0.4 is 5.73 Å². The molecule has 0 amide bonds. The Morgan fingerprint density at radius 1 is 1.25 bits per heavy atom. The van der Waals surface area contributed by atoms with E-state index in [4.69, 9.17) is 10.2 Å². The highest BCUT2D eigenvalue weighted by atomic mass is 16.3. The lowest BCUT2D eigenvalue weighted by Gasteiger charge is -2.16. The van der Waals surface area contributed by atoms with E-state index in [1.54, 1.807) is 0 Å². The molecule has 0 aliphatic heterocycles. The Labute approximate surface area is 96.4 Å². The molecule has 1 heterocycles. The molecule has 0 atom stereocenters. The summed E-state index contributed by atoms with van der Waals surface area (Å²) >= 11 is 0. The van der Waals surface area contributed by atoms with Gasteiger partial charge in [0.2, 0.25) is 0 Å². The fraction of sp³-hybridized carbons (Fsp3) is 0.429. The summed E-state index contributed by atoms with van der Waals surface area (Å²) in [6.07, 6.45) is 2.79. The van der Waals surface area contributed by atoms with Gasteiger partial charge in [-0.05, 0) is 36.1 Å². The average molecular weight is 217 g/mol. The van der Waals surface area contributed by atoms with E-state index in [9.17, 15) is 0 Å². The largest absolute Gasteiger partial charge is 0.464 e. The predicted molar refractivity (Wildman–Crippen MR) is 67.7 cm³/mol. The Bertz CT molecular complexity index is 491. The smallest absolute Gasteiger partial charge is 0.134 e. The molecule has 2 nitrogen and oxygen atoms in total. The number of furan rings is 1. The lowest BCUT2D eigenvalue weighted by molar-refractivity contribution is 0.557. The normalized spacial score (nSPS) is 12.2. The van der Waals surface area contributed by atoms with Gasteiger partial charge in [0.15, 0.2) is 0 Å². The minimum atomic E-state index is 0.118. The summed E-state index contributed by atoms with van der Waals surface area (Å²) in [5.41, 5.74) is 9.21. The first kappa shape index (κ1) is 11.2. The first-order chi connectivity index (χ1) is 7.52. The van der Waals surface area contributed by atoms with E-state index in [2.05, 4.69) is 32.9 Å². The maximum atomic E-state index is 5.58. The van der Waals surface area contributed by atoms with Crippen molar-refractivity contribution in [1.82, 2.24) is 0 Å². The summed E-state index contributed by atoms with van der Waals surface area (Å²) in [6.45, 7) is 7.29. The van der Waals surface area contributed by atoms with Crippen LogP contribution in [0.5, 0.6) is 0 Å². The van der Waals surface area contributed by atoms with Crippen LogP contribution in [0.25, 0.3) is 11.0 Å². The number of hydrogen-bond acceptors (Lipinski definition) is 2. The molecule has 16 heavy (non-hydrogen) atoms. The van der Waals surface area contributed by atoms with Gasteiger partial charge in [-0.3, -0.25) is 0 Å². The maximum Gasteiger partial charge on any atom is 0.134 e. The average Bonchev–Trinajstić information content (AvgIpc) is 2.60. The number of fused-ring (bicyclic) bond motifs is 1. The second-order valence-corrected chi connectivity index (χ2v) is 5.27. The van der Waals surface area contributed by atoms with Gasteiger partial charge in [-0.1, -0.05) is 26.8 Å². The third-order valence-electron chi connectivity index (χ3n) is 2.88. The Balaban J connectivity index is 2.56.